The summed E-state index contributed by atoms with van der Waals surface area (Å²) in [5.74, 6) is -0.420. The smallest absolute Gasteiger partial charge is 0.256 e. The second-order valence-electron chi connectivity index (χ2n) is 4.23. The Kier molecular flexibility index (Phi) is 4.26. The van der Waals surface area contributed by atoms with Crippen LogP contribution in [0.15, 0.2) is 42.6 Å². The minimum absolute atomic E-state index is 0.204. The van der Waals surface area contributed by atoms with Crippen molar-refractivity contribution in [2.24, 2.45) is 0 Å². The lowest BCUT2D eigenvalue weighted by Gasteiger charge is -2.07. The fourth-order valence-electron chi connectivity index (χ4n) is 1.72. The number of amides is 2. The van der Waals surface area contributed by atoms with Crippen LogP contribution in [0.25, 0.3) is 0 Å². The SMILES string of the molecule is CC(=O)Nc1cccc(C(=O)Nc2ncccc2C#N)c1. The molecule has 0 spiro atoms. The van der Waals surface area contributed by atoms with Crippen molar-refractivity contribution in [2.45, 2.75) is 6.92 Å². The number of nitriles is 1. The van der Waals surface area contributed by atoms with Crippen molar-refractivity contribution < 1.29 is 9.59 Å². The third-order valence-electron chi connectivity index (χ3n) is 2.61. The van der Waals surface area contributed by atoms with Crippen LogP contribution in [0.4, 0.5) is 11.5 Å². The first kappa shape index (κ1) is 14.2. The Labute approximate surface area is 121 Å². The quantitative estimate of drug-likeness (QED) is 0.900. The second-order valence-corrected chi connectivity index (χ2v) is 4.23. The maximum Gasteiger partial charge on any atom is 0.256 e. The van der Waals surface area contributed by atoms with E-state index < -0.39 is 5.91 Å². The third-order valence-corrected chi connectivity index (χ3v) is 2.61. The summed E-state index contributed by atoms with van der Waals surface area (Å²) in [6, 6.07) is 11.6. The number of rotatable bonds is 3. The van der Waals surface area contributed by atoms with E-state index >= 15 is 0 Å². The molecule has 0 saturated carbocycles. The van der Waals surface area contributed by atoms with E-state index in [1.807, 2.05) is 6.07 Å². The molecule has 0 atom stereocenters. The number of hydrogen-bond donors (Lipinski definition) is 2. The molecule has 6 nitrogen and oxygen atoms in total. The molecule has 0 saturated heterocycles. The van der Waals surface area contributed by atoms with E-state index in [-0.39, 0.29) is 17.3 Å². The Hall–Kier alpha value is -3.20. The molecule has 6 heteroatoms. The van der Waals surface area contributed by atoms with Crippen LogP contribution >= 0.6 is 0 Å². The molecule has 1 aromatic heterocycles. The predicted octanol–water partition coefficient (Wildman–Crippen LogP) is 2.16. The molecule has 0 aliphatic carbocycles. The van der Waals surface area contributed by atoms with Crippen LogP contribution in [0.3, 0.4) is 0 Å². The van der Waals surface area contributed by atoms with Gasteiger partial charge in [-0.1, -0.05) is 6.07 Å². The van der Waals surface area contributed by atoms with Gasteiger partial charge in [0, 0.05) is 24.4 Å². The zero-order valence-electron chi connectivity index (χ0n) is 11.3. The van der Waals surface area contributed by atoms with Gasteiger partial charge in [0.05, 0.1) is 5.56 Å². The molecule has 1 aromatic carbocycles. The molecule has 104 valence electrons. The number of hydrogen-bond acceptors (Lipinski definition) is 4. The predicted molar refractivity (Wildman–Crippen MR) is 77.7 cm³/mol. The zero-order chi connectivity index (χ0) is 15.2. The molecule has 1 heterocycles. The summed E-state index contributed by atoms with van der Waals surface area (Å²) in [6.45, 7) is 1.39. The minimum atomic E-state index is -0.405. The molecule has 0 fully saturated rings. The highest BCUT2D eigenvalue weighted by Gasteiger charge is 2.10. The molecule has 2 N–H and O–H groups in total. The Balaban J connectivity index is 2.21. The first-order valence-electron chi connectivity index (χ1n) is 6.14. The summed E-state index contributed by atoms with van der Waals surface area (Å²) < 4.78 is 0. The van der Waals surface area contributed by atoms with Gasteiger partial charge in [-0.15, -0.1) is 0 Å². The summed E-state index contributed by atoms with van der Waals surface area (Å²) in [6.07, 6.45) is 1.49. The van der Waals surface area contributed by atoms with Crippen LogP contribution in [0, 0.1) is 11.3 Å². The molecule has 2 aromatic rings. The first-order valence-corrected chi connectivity index (χ1v) is 6.14. The maximum absolute atomic E-state index is 12.1. The molecule has 0 unspecified atom stereocenters. The Bertz CT molecular complexity index is 734. The Morgan fingerprint density at radius 1 is 1.19 bits per heavy atom. The van der Waals surface area contributed by atoms with E-state index in [1.54, 1.807) is 36.4 Å². The van der Waals surface area contributed by atoms with Crippen LogP contribution < -0.4 is 10.6 Å². The number of anilines is 2. The standard InChI is InChI=1S/C15H12N4O2/c1-10(20)18-13-6-2-4-11(8-13)15(21)19-14-12(9-16)5-3-7-17-14/h2-8H,1H3,(H,18,20)(H,17,19,21). The first-order chi connectivity index (χ1) is 10.1. The van der Waals surface area contributed by atoms with E-state index in [4.69, 9.17) is 5.26 Å². The molecular formula is C15H12N4O2. The van der Waals surface area contributed by atoms with Gasteiger partial charge in [-0.2, -0.15) is 5.26 Å². The Morgan fingerprint density at radius 2 is 2.00 bits per heavy atom. The van der Waals surface area contributed by atoms with E-state index in [9.17, 15) is 9.59 Å². The van der Waals surface area contributed by atoms with E-state index in [0.717, 1.165) is 0 Å². The van der Waals surface area contributed by atoms with Crippen LogP contribution in [0.1, 0.15) is 22.8 Å². The summed E-state index contributed by atoms with van der Waals surface area (Å²) in [7, 11) is 0. The number of carbonyl (C=O) groups is 2. The molecule has 21 heavy (non-hydrogen) atoms. The van der Waals surface area contributed by atoms with Crippen molar-refractivity contribution >= 4 is 23.3 Å². The molecule has 0 aliphatic rings. The molecule has 2 rings (SSSR count). The normalized spacial score (nSPS) is 9.52. The lowest BCUT2D eigenvalue weighted by atomic mass is 10.2. The largest absolute Gasteiger partial charge is 0.326 e. The van der Waals surface area contributed by atoms with Gasteiger partial charge in [0.2, 0.25) is 5.91 Å². The number of benzene rings is 1. The van der Waals surface area contributed by atoms with Gasteiger partial charge in [0.15, 0.2) is 5.82 Å². The highest BCUT2D eigenvalue weighted by molar-refractivity contribution is 6.05. The van der Waals surface area contributed by atoms with Crippen LogP contribution in [0.5, 0.6) is 0 Å². The second kappa shape index (κ2) is 6.30. The van der Waals surface area contributed by atoms with Gasteiger partial charge in [0.25, 0.3) is 5.91 Å². The molecule has 0 aliphatic heterocycles. The fourth-order valence-corrected chi connectivity index (χ4v) is 1.72. The number of carbonyl (C=O) groups excluding carboxylic acids is 2. The number of nitrogens with zero attached hydrogens (tertiary/aromatic N) is 2. The summed E-state index contributed by atoms with van der Waals surface area (Å²) >= 11 is 0. The van der Waals surface area contributed by atoms with Crippen molar-refractivity contribution in [3.8, 4) is 6.07 Å². The van der Waals surface area contributed by atoms with Crippen molar-refractivity contribution in [3.05, 3.63) is 53.7 Å². The van der Waals surface area contributed by atoms with Gasteiger partial charge in [-0.25, -0.2) is 4.98 Å². The van der Waals surface area contributed by atoms with Crippen LogP contribution in [-0.4, -0.2) is 16.8 Å². The lowest BCUT2D eigenvalue weighted by molar-refractivity contribution is -0.114. The van der Waals surface area contributed by atoms with Crippen molar-refractivity contribution in [1.29, 1.82) is 5.26 Å². The van der Waals surface area contributed by atoms with Crippen molar-refractivity contribution in [3.63, 3.8) is 0 Å². The minimum Gasteiger partial charge on any atom is -0.326 e. The maximum atomic E-state index is 12.1. The highest BCUT2D eigenvalue weighted by Crippen LogP contribution is 2.14. The average Bonchev–Trinajstić information content (AvgIpc) is 2.47. The van der Waals surface area contributed by atoms with E-state index in [2.05, 4.69) is 15.6 Å². The third kappa shape index (κ3) is 3.64. The van der Waals surface area contributed by atoms with E-state index in [1.165, 1.54) is 13.1 Å². The average molecular weight is 280 g/mol. The number of nitrogens with one attached hydrogen (secondary N) is 2. The number of pyridine rings is 1. The van der Waals surface area contributed by atoms with Crippen LogP contribution in [-0.2, 0) is 4.79 Å². The molecule has 0 radical (unpaired) electrons. The Morgan fingerprint density at radius 3 is 2.71 bits per heavy atom. The topological polar surface area (TPSA) is 94.9 Å². The molecular weight excluding hydrogens is 268 g/mol. The van der Waals surface area contributed by atoms with Gasteiger partial charge in [0.1, 0.15) is 6.07 Å². The summed E-state index contributed by atoms with van der Waals surface area (Å²) in [5, 5.41) is 14.1. The van der Waals surface area contributed by atoms with Gasteiger partial charge in [-0.05, 0) is 30.3 Å². The monoisotopic (exact) mass is 280 g/mol. The van der Waals surface area contributed by atoms with Gasteiger partial charge in [-0.3, -0.25) is 9.59 Å². The van der Waals surface area contributed by atoms with Crippen molar-refractivity contribution in [1.82, 2.24) is 4.98 Å². The van der Waals surface area contributed by atoms with Crippen LogP contribution in [0.2, 0.25) is 0 Å². The van der Waals surface area contributed by atoms with Gasteiger partial charge < -0.3 is 10.6 Å². The molecule has 2 amide bonds. The number of aromatic nitrogens is 1. The zero-order valence-corrected chi connectivity index (χ0v) is 11.3. The molecule has 0 bridgehead atoms. The highest BCUT2D eigenvalue weighted by atomic mass is 16.2. The lowest BCUT2D eigenvalue weighted by Crippen LogP contribution is -2.14. The van der Waals surface area contributed by atoms with Crippen molar-refractivity contribution in [2.75, 3.05) is 10.6 Å². The summed E-state index contributed by atoms with van der Waals surface area (Å²) in [4.78, 5) is 27.1. The van der Waals surface area contributed by atoms with Gasteiger partial charge >= 0.3 is 0 Å². The van der Waals surface area contributed by atoms with E-state index in [0.29, 0.717) is 11.3 Å². The fraction of sp³-hybridized carbons (Fsp3) is 0.0667. The summed E-state index contributed by atoms with van der Waals surface area (Å²) in [5.41, 5.74) is 1.16.